The molecule has 2 aromatic heterocycles. The first-order chi connectivity index (χ1) is 14.6. The molecule has 0 bridgehead atoms. The molecular formula is C24H30IN3O3. The molecule has 2 heterocycles. The van der Waals surface area contributed by atoms with Gasteiger partial charge >= 0.3 is 0 Å². The molecule has 0 amide bonds. The van der Waals surface area contributed by atoms with Crippen LogP contribution in [0.1, 0.15) is 36.0 Å². The Bertz CT molecular complexity index is 952. The Morgan fingerprint density at radius 2 is 1.87 bits per heavy atom. The Morgan fingerprint density at radius 3 is 2.61 bits per heavy atom. The predicted octanol–water partition coefficient (Wildman–Crippen LogP) is 4.03. The number of aliphatic imine (C=N–C) groups is 1. The number of fused-ring (bicyclic) bond motifs is 1. The number of rotatable bonds is 7. The number of hydrogen-bond donors (Lipinski definition) is 3. The minimum absolute atomic E-state index is 0. The number of benzene rings is 1. The van der Waals surface area contributed by atoms with Crippen LogP contribution in [0.25, 0.3) is 0 Å². The maximum Gasteiger partial charge on any atom is 0.191 e. The summed E-state index contributed by atoms with van der Waals surface area (Å²) in [4.78, 5) is 4.67. The van der Waals surface area contributed by atoms with Crippen molar-refractivity contribution < 1.29 is 13.9 Å². The molecule has 0 aliphatic heterocycles. The normalized spacial score (nSPS) is 17.9. The van der Waals surface area contributed by atoms with Crippen LogP contribution < -0.4 is 10.6 Å². The Balaban J connectivity index is 0.00000272. The van der Waals surface area contributed by atoms with Crippen molar-refractivity contribution in [1.29, 1.82) is 0 Å². The second-order valence-electron chi connectivity index (χ2n) is 8.02. The zero-order valence-electron chi connectivity index (χ0n) is 17.7. The highest BCUT2D eigenvalue weighted by atomic mass is 127. The maximum absolute atomic E-state index is 10.8. The predicted molar refractivity (Wildman–Crippen MR) is 132 cm³/mol. The summed E-state index contributed by atoms with van der Waals surface area (Å²) in [6.45, 7) is 2.60. The van der Waals surface area contributed by atoms with Gasteiger partial charge in [0.05, 0.1) is 19.1 Å². The molecule has 4 rings (SSSR count). The second-order valence-corrected chi connectivity index (χ2v) is 8.02. The highest BCUT2D eigenvalue weighted by Gasteiger charge is 2.26. The van der Waals surface area contributed by atoms with Gasteiger partial charge < -0.3 is 24.6 Å². The van der Waals surface area contributed by atoms with E-state index >= 15 is 0 Å². The summed E-state index contributed by atoms with van der Waals surface area (Å²) in [7, 11) is 0. The molecule has 2 atom stereocenters. The Morgan fingerprint density at radius 1 is 1.10 bits per heavy atom. The van der Waals surface area contributed by atoms with Crippen LogP contribution in [0.2, 0.25) is 0 Å². The van der Waals surface area contributed by atoms with Crippen molar-refractivity contribution >= 4 is 29.9 Å². The molecule has 1 aliphatic carbocycles. The van der Waals surface area contributed by atoms with Crippen molar-refractivity contribution in [1.82, 2.24) is 10.6 Å². The van der Waals surface area contributed by atoms with Gasteiger partial charge in [-0.25, -0.2) is 4.99 Å². The van der Waals surface area contributed by atoms with E-state index in [2.05, 4.69) is 39.9 Å². The maximum atomic E-state index is 10.8. The summed E-state index contributed by atoms with van der Waals surface area (Å²) >= 11 is 0. The van der Waals surface area contributed by atoms with Crippen molar-refractivity contribution in [2.75, 3.05) is 13.1 Å². The third-order valence-corrected chi connectivity index (χ3v) is 5.53. The van der Waals surface area contributed by atoms with E-state index < -0.39 is 5.60 Å². The van der Waals surface area contributed by atoms with Crippen molar-refractivity contribution in [2.24, 2.45) is 4.99 Å². The highest BCUT2D eigenvalue weighted by molar-refractivity contribution is 14.0. The van der Waals surface area contributed by atoms with E-state index in [1.165, 1.54) is 11.1 Å². The van der Waals surface area contributed by atoms with E-state index in [1.54, 1.807) is 31.6 Å². The third kappa shape index (κ3) is 6.36. The van der Waals surface area contributed by atoms with Gasteiger partial charge in [-0.2, -0.15) is 0 Å². The number of halogens is 1. The van der Waals surface area contributed by atoms with Crippen LogP contribution in [0, 0.1) is 0 Å². The monoisotopic (exact) mass is 535 g/mol. The van der Waals surface area contributed by atoms with Crippen molar-refractivity contribution in [3.05, 3.63) is 83.7 Å². The quantitative estimate of drug-likeness (QED) is 0.242. The molecule has 7 heteroatoms. The molecule has 1 aromatic carbocycles. The Hall–Kier alpha value is -2.26. The lowest BCUT2D eigenvalue weighted by molar-refractivity contribution is 0.0436. The lowest BCUT2D eigenvalue weighted by Crippen LogP contribution is -2.46. The van der Waals surface area contributed by atoms with Crippen molar-refractivity contribution in [2.45, 2.75) is 44.2 Å². The summed E-state index contributed by atoms with van der Waals surface area (Å²) in [6.07, 6.45) is 7.07. The average Bonchev–Trinajstić information content (AvgIpc) is 3.46. The minimum atomic E-state index is -1.17. The summed E-state index contributed by atoms with van der Waals surface area (Å²) in [5, 5.41) is 17.7. The second kappa shape index (κ2) is 10.9. The zero-order valence-corrected chi connectivity index (χ0v) is 20.0. The molecule has 0 fully saturated rings. The van der Waals surface area contributed by atoms with Gasteiger partial charge in [0.25, 0.3) is 0 Å². The minimum Gasteiger partial charge on any atom is -0.469 e. The molecule has 6 nitrogen and oxygen atoms in total. The number of aliphatic hydroxyl groups is 1. The van der Waals surface area contributed by atoms with E-state index in [9.17, 15) is 5.11 Å². The first-order valence-electron chi connectivity index (χ1n) is 10.5. The van der Waals surface area contributed by atoms with Crippen LogP contribution in [0.15, 0.2) is 74.9 Å². The molecule has 31 heavy (non-hydrogen) atoms. The lowest BCUT2D eigenvalue weighted by Gasteiger charge is -2.27. The Kier molecular flexibility index (Phi) is 8.20. The summed E-state index contributed by atoms with van der Waals surface area (Å²) in [5.41, 5.74) is 1.65. The number of guanidine groups is 1. The number of nitrogens with zero attached hydrogens (tertiary/aromatic N) is 1. The van der Waals surface area contributed by atoms with Gasteiger partial charge in [-0.1, -0.05) is 24.3 Å². The van der Waals surface area contributed by atoms with Gasteiger partial charge in [0.2, 0.25) is 0 Å². The molecule has 2 unspecified atom stereocenters. The van der Waals surface area contributed by atoms with E-state index in [1.807, 2.05) is 12.1 Å². The first kappa shape index (κ1) is 23.4. The molecule has 0 saturated carbocycles. The largest absolute Gasteiger partial charge is 0.469 e. The van der Waals surface area contributed by atoms with Crippen LogP contribution in [-0.2, 0) is 24.9 Å². The fourth-order valence-electron chi connectivity index (χ4n) is 3.82. The highest BCUT2D eigenvalue weighted by Crippen LogP contribution is 2.22. The van der Waals surface area contributed by atoms with E-state index in [4.69, 9.17) is 8.83 Å². The van der Waals surface area contributed by atoms with Gasteiger partial charge in [0.15, 0.2) is 5.96 Å². The lowest BCUT2D eigenvalue weighted by atomic mass is 9.88. The fourth-order valence-corrected chi connectivity index (χ4v) is 3.82. The van der Waals surface area contributed by atoms with Gasteiger partial charge in [-0.3, -0.25) is 0 Å². The smallest absolute Gasteiger partial charge is 0.191 e. The molecule has 3 aromatic rings. The van der Waals surface area contributed by atoms with Gasteiger partial charge in [0.1, 0.15) is 17.1 Å². The van der Waals surface area contributed by atoms with Crippen LogP contribution in [0.4, 0.5) is 0 Å². The van der Waals surface area contributed by atoms with Gasteiger partial charge in [0, 0.05) is 19.0 Å². The molecule has 0 spiro atoms. The molecular weight excluding hydrogens is 505 g/mol. The summed E-state index contributed by atoms with van der Waals surface area (Å²) in [5.74, 6) is 2.13. The van der Waals surface area contributed by atoms with Crippen LogP contribution in [0.5, 0.6) is 0 Å². The van der Waals surface area contributed by atoms with E-state index in [-0.39, 0.29) is 30.5 Å². The molecule has 0 radical (unpaired) electrons. The number of aryl methyl sites for hydroxylation is 1. The zero-order chi connectivity index (χ0) is 20.8. The van der Waals surface area contributed by atoms with E-state index in [0.717, 1.165) is 31.4 Å². The molecule has 166 valence electrons. The topological polar surface area (TPSA) is 82.9 Å². The Labute approximate surface area is 200 Å². The first-order valence-corrected chi connectivity index (χ1v) is 10.5. The molecule has 1 aliphatic rings. The number of hydrogen-bond acceptors (Lipinski definition) is 4. The van der Waals surface area contributed by atoms with Gasteiger partial charge in [-0.05, 0) is 61.6 Å². The fraction of sp³-hybridized carbons (Fsp3) is 0.375. The van der Waals surface area contributed by atoms with Crippen molar-refractivity contribution in [3.63, 3.8) is 0 Å². The summed E-state index contributed by atoms with van der Waals surface area (Å²) in [6, 6.07) is 16.3. The van der Waals surface area contributed by atoms with E-state index in [0.29, 0.717) is 24.3 Å². The average molecular weight is 535 g/mol. The number of furan rings is 2. The SMILES string of the molecule is CC(O)(CN=C(NCCc1ccco1)NC1CCc2ccccc2C1)c1ccco1.I. The standard InChI is InChI=1S/C24H29N3O3.HI/c1-24(28,22-9-5-15-30-22)17-26-23(25-13-12-21-8-4-14-29-21)27-20-11-10-18-6-2-3-7-19(18)16-20;/h2-9,14-15,20,28H,10-13,16-17H2,1H3,(H2,25,26,27);1H. The molecule has 3 N–H and O–H groups in total. The van der Waals surface area contributed by atoms with Crippen LogP contribution >= 0.6 is 24.0 Å². The van der Waals surface area contributed by atoms with Crippen LogP contribution in [-0.4, -0.2) is 30.2 Å². The summed E-state index contributed by atoms with van der Waals surface area (Å²) < 4.78 is 10.8. The van der Waals surface area contributed by atoms with Crippen LogP contribution in [0.3, 0.4) is 0 Å². The third-order valence-electron chi connectivity index (χ3n) is 5.53. The number of nitrogens with one attached hydrogen (secondary N) is 2. The van der Waals surface area contributed by atoms with Gasteiger partial charge in [-0.15, -0.1) is 24.0 Å². The van der Waals surface area contributed by atoms with Crippen molar-refractivity contribution in [3.8, 4) is 0 Å². The molecule has 0 saturated heterocycles.